The zero-order valence-corrected chi connectivity index (χ0v) is 17.1. The molecule has 2 aromatic carbocycles. The smallest absolute Gasteiger partial charge is 0.295 e. The fraction of sp³-hybridized carbons (Fsp3) is 0.333. The van der Waals surface area contributed by atoms with Crippen LogP contribution in [0.15, 0.2) is 54.1 Å². The van der Waals surface area contributed by atoms with Gasteiger partial charge < -0.3 is 19.5 Å². The van der Waals surface area contributed by atoms with Crippen LogP contribution in [0.25, 0.3) is 5.76 Å². The van der Waals surface area contributed by atoms with E-state index >= 15 is 0 Å². The van der Waals surface area contributed by atoms with Crippen LogP contribution < -0.4 is 4.74 Å². The van der Waals surface area contributed by atoms with Gasteiger partial charge in [0.05, 0.1) is 24.8 Å². The molecule has 2 fully saturated rings. The third-order valence-electron chi connectivity index (χ3n) is 5.79. The number of ether oxygens (including phenoxy) is 2. The number of likely N-dealkylation sites (tertiary alicyclic amines) is 1. The Morgan fingerprint density at radius 2 is 2.00 bits per heavy atom. The highest BCUT2D eigenvalue weighted by Crippen LogP contribution is 2.41. The molecular weight excluding hydrogens is 382 g/mol. The molecule has 4 rings (SSSR count). The van der Waals surface area contributed by atoms with Crippen molar-refractivity contribution in [2.45, 2.75) is 31.9 Å². The monoisotopic (exact) mass is 407 g/mol. The molecule has 2 aliphatic rings. The SMILES string of the molecule is COc1cccc(/C(O)=C2\C(=O)C(=O)N(CC3CCCO3)C2c2ccccc2C)c1. The summed E-state index contributed by atoms with van der Waals surface area (Å²) in [4.78, 5) is 27.6. The van der Waals surface area contributed by atoms with Crippen molar-refractivity contribution in [2.24, 2.45) is 0 Å². The van der Waals surface area contributed by atoms with E-state index in [2.05, 4.69) is 0 Å². The van der Waals surface area contributed by atoms with Crippen LogP contribution in [0.2, 0.25) is 0 Å². The highest BCUT2D eigenvalue weighted by atomic mass is 16.5. The summed E-state index contributed by atoms with van der Waals surface area (Å²) in [7, 11) is 1.53. The number of aryl methyl sites for hydroxylation is 1. The zero-order chi connectivity index (χ0) is 21.3. The number of benzene rings is 2. The number of aliphatic hydroxyl groups excluding tert-OH is 1. The van der Waals surface area contributed by atoms with Gasteiger partial charge in [-0.05, 0) is 43.0 Å². The molecule has 156 valence electrons. The van der Waals surface area contributed by atoms with E-state index in [-0.39, 0.29) is 17.4 Å². The van der Waals surface area contributed by atoms with Crippen molar-refractivity contribution < 1.29 is 24.2 Å². The molecule has 6 nitrogen and oxygen atoms in total. The second-order valence-corrected chi connectivity index (χ2v) is 7.68. The number of hydrogen-bond donors (Lipinski definition) is 1. The second-order valence-electron chi connectivity index (χ2n) is 7.68. The van der Waals surface area contributed by atoms with Gasteiger partial charge in [-0.3, -0.25) is 9.59 Å². The van der Waals surface area contributed by atoms with Gasteiger partial charge in [0.25, 0.3) is 11.7 Å². The van der Waals surface area contributed by atoms with Gasteiger partial charge in [0.2, 0.25) is 0 Å². The third kappa shape index (κ3) is 3.59. The van der Waals surface area contributed by atoms with Crippen molar-refractivity contribution in [2.75, 3.05) is 20.3 Å². The zero-order valence-electron chi connectivity index (χ0n) is 17.1. The minimum absolute atomic E-state index is 0.0977. The van der Waals surface area contributed by atoms with Crippen molar-refractivity contribution >= 4 is 17.4 Å². The van der Waals surface area contributed by atoms with Gasteiger partial charge in [-0.2, -0.15) is 0 Å². The highest BCUT2D eigenvalue weighted by Gasteiger charge is 2.47. The third-order valence-corrected chi connectivity index (χ3v) is 5.79. The number of methoxy groups -OCH3 is 1. The lowest BCUT2D eigenvalue weighted by atomic mass is 9.92. The van der Waals surface area contributed by atoms with E-state index in [1.165, 1.54) is 7.11 Å². The maximum atomic E-state index is 13.1. The maximum Gasteiger partial charge on any atom is 0.295 e. The first-order valence-electron chi connectivity index (χ1n) is 10.1. The Morgan fingerprint density at radius 1 is 1.20 bits per heavy atom. The molecule has 2 aliphatic heterocycles. The fourth-order valence-corrected chi connectivity index (χ4v) is 4.22. The summed E-state index contributed by atoms with van der Waals surface area (Å²) >= 11 is 0. The Hall–Kier alpha value is -3.12. The van der Waals surface area contributed by atoms with Gasteiger partial charge in [-0.25, -0.2) is 0 Å². The van der Waals surface area contributed by atoms with Crippen molar-refractivity contribution in [1.82, 2.24) is 4.90 Å². The first kappa shape index (κ1) is 20.2. The first-order chi connectivity index (χ1) is 14.5. The molecule has 0 aromatic heterocycles. The molecule has 0 spiro atoms. The van der Waals surface area contributed by atoms with E-state index < -0.39 is 17.7 Å². The average molecular weight is 407 g/mol. The summed E-state index contributed by atoms with van der Waals surface area (Å²) < 4.78 is 11.0. The Labute approximate surface area is 175 Å². The molecule has 2 atom stereocenters. The summed E-state index contributed by atoms with van der Waals surface area (Å²) in [6, 6.07) is 13.8. The van der Waals surface area contributed by atoms with Crippen LogP contribution in [0, 0.1) is 6.92 Å². The van der Waals surface area contributed by atoms with E-state index in [0.717, 1.165) is 24.0 Å². The standard InChI is InChI=1S/C24H25NO5/c1-15-7-3-4-11-19(15)21-20(22(26)16-8-5-9-17(13-16)29-2)23(27)24(28)25(21)14-18-10-6-12-30-18/h3-5,7-9,11,13,18,21,26H,6,10,12,14H2,1-2H3/b22-20+. The van der Waals surface area contributed by atoms with Gasteiger partial charge in [0.1, 0.15) is 11.5 Å². The summed E-state index contributed by atoms with van der Waals surface area (Å²) in [5.41, 5.74) is 2.29. The van der Waals surface area contributed by atoms with E-state index in [1.54, 1.807) is 29.2 Å². The molecule has 0 aliphatic carbocycles. The Morgan fingerprint density at radius 3 is 2.70 bits per heavy atom. The summed E-state index contributed by atoms with van der Waals surface area (Å²) in [5, 5.41) is 11.1. The van der Waals surface area contributed by atoms with E-state index in [0.29, 0.717) is 24.5 Å². The predicted molar refractivity (Wildman–Crippen MR) is 112 cm³/mol. The van der Waals surface area contributed by atoms with Crippen molar-refractivity contribution in [3.63, 3.8) is 0 Å². The number of nitrogens with zero attached hydrogens (tertiary/aromatic N) is 1. The molecule has 0 bridgehead atoms. The summed E-state index contributed by atoms with van der Waals surface area (Å²) in [6.07, 6.45) is 1.68. The van der Waals surface area contributed by atoms with E-state index in [4.69, 9.17) is 9.47 Å². The molecule has 0 radical (unpaired) electrons. The molecule has 0 saturated carbocycles. The summed E-state index contributed by atoms with van der Waals surface area (Å²) in [5.74, 6) is -0.930. The molecule has 2 unspecified atom stereocenters. The number of ketones is 1. The molecule has 30 heavy (non-hydrogen) atoms. The van der Waals surface area contributed by atoms with Gasteiger partial charge in [-0.15, -0.1) is 0 Å². The minimum atomic E-state index is -0.679. The number of aliphatic hydroxyl groups is 1. The fourth-order valence-electron chi connectivity index (χ4n) is 4.22. The molecule has 2 saturated heterocycles. The number of rotatable bonds is 5. The van der Waals surface area contributed by atoms with Crippen LogP contribution in [0.3, 0.4) is 0 Å². The van der Waals surface area contributed by atoms with Gasteiger partial charge >= 0.3 is 0 Å². The Balaban J connectivity index is 1.85. The first-order valence-corrected chi connectivity index (χ1v) is 10.1. The molecule has 6 heteroatoms. The average Bonchev–Trinajstić information content (AvgIpc) is 3.36. The molecule has 2 heterocycles. The Kier molecular flexibility index (Phi) is 5.59. The van der Waals surface area contributed by atoms with E-state index in [1.807, 2.05) is 31.2 Å². The van der Waals surface area contributed by atoms with Gasteiger partial charge in [0.15, 0.2) is 0 Å². The lowest BCUT2D eigenvalue weighted by molar-refractivity contribution is -0.140. The van der Waals surface area contributed by atoms with Gasteiger partial charge in [0, 0.05) is 18.7 Å². The highest BCUT2D eigenvalue weighted by molar-refractivity contribution is 6.46. The number of carbonyl (C=O) groups excluding carboxylic acids is 2. The van der Waals surface area contributed by atoms with Crippen molar-refractivity contribution in [3.05, 3.63) is 70.8 Å². The lowest BCUT2D eigenvalue weighted by Crippen LogP contribution is -2.36. The second kappa shape index (κ2) is 8.32. The maximum absolute atomic E-state index is 13.1. The van der Waals surface area contributed by atoms with E-state index in [9.17, 15) is 14.7 Å². The quantitative estimate of drug-likeness (QED) is 0.466. The van der Waals surface area contributed by atoms with Crippen LogP contribution in [0.4, 0.5) is 0 Å². The topological polar surface area (TPSA) is 76.1 Å². The van der Waals surface area contributed by atoms with Crippen molar-refractivity contribution in [1.29, 1.82) is 0 Å². The van der Waals surface area contributed by atoms with Gasteiger partial charge in [-0.1, -0.05) is 36.4 Å². The summed E-state index contributed by atoms with van der Waals surface area (Å²) in [6.45, 7) is 2.92. The molecule has 1 N–H and O–H groups in total. The van der Waals surface area contributed by atoms with Crippen LogP contribution in [0.5, 0.6) is 5.75 Å². The van der Waals surface area contributed by atoms with Crippen molar-refractivity contribution in [3.8, 4) is 5.75 Å². The van der Waals surface area contributed by atoms with Crippen LogP contribution in [-0.2, 0) is 14.3 Å². The Bertz CT molecular complexity index is 1010. The molecule has 2 aromatic rings. The molecule has 1 amide bonds. The van der Waals surface area contributed by atoms with Crippen LogP contribution >= 0.6 is 0 Å². The van der Waals surface area contributed by atoms with Crippen LogP contribution in [0.1, 0.15) is 35.6 Å². The largest absolute Gasteiger partial charge is 0.507 e. The number of amides is 1. The number of carbonyl (C=O) groups is 2. The normalized spacial score (nSPS) is 23.2. The predicted octanol–water partition coefficient (Wildman–Crippen LogP) is 3.60. The lowest BCUT2D eigenvalue weighted by Gasteiger charge is -2.28. The minimum Gasteiger partial charge on any atom is -0.507 e. The number of hydrogen-bond acceptors (Lipinski definition) is 5. The molecular formula is C24H25NO5. The van der Waals surface area contributed by atoms with Crippen LogP contribution in [-0.4, -0.2) is 48.1 Å². The number of Topliss-reactive ketones (excluding diaryl/α,β-unsaturated/α-hetero) is 1.